The average molecular weight is 332 g/mol. The van der Waals surface area contributed by atoms with Crippen molar-refractivity contribution >= 4 is 10.8 Å². The van der Waals surface area contributed by atoms with E-state index in [4.69, 9.17) is 9.47 Å². The highest BCUT2D eigenvalue weighted by Crippen LogP contribution is 2.35. The van der Waals surface area contributed by atoms with Gasteiger partial charge in [0.25, 0.3) is 0 Å². The predicted octanol–water partition coefficient (Wildman–Crippen LogP) is 5.33. The molecule has 0 saturated heterocycles. The first kappa shape index (κ1) is 16.2. The monoisotopic (exact) mass is 332 g/mol. The standard InChI is InChI=1S/C19H15F3O2/c1-3-24-15-10-12-6-9-14(11-4-7-13(23-2)8-5-11)17(20)16(12)19(22)18(15)21/h4-10H,3H2,1-2H3. The average Bonchev–Trinajstić information content (AvgIpc) is 2.60. The smallest absolute Gasteiger partial charge is 0.201 e. The Labute approximate surface area is 137 Å². The fourth-order valence-electron chi connectivity index (χ4n) is 2.61. The molecule has 0 N–H and O–H groups in total. The van der Waals surface area contributed by atoms with Crippen molar-refractivity contribution in [3.05, 3.63) is 59.9 Å². The van der Waals surface area contributed by atoms with Gasteiger partial charge < -0.3 is 9.47 Å². The first-order valence-corrected chi connectivity index (χ1v) is 7.44. The highest BCUT2D eigenvalue weighted by atomic mass is 19.2. The number of hydrogen-bond donors (Lipinski definition) is 0. The SMILES string of the molecule is CCOc1cc2ccc(-c3ccc(OC)cc3)c(F)c2c(F)c1F. The minimum atomic E-state index is -1.25. The summed E-state index contributed by atoms with van der Waals surface area (Å²) in [6.07, 6.45) is 0. The number of methoxy groups -OCH3 is 1. The van der Waals surface area contributed by atoms with Crippen LogP contribution in [0.25, 0.3) is 21.9 Å². The van der Waals surface area contributed by atoms with Crippen LogP contribution in [0.15, 0.2) is 42.5 Å². The molecule has 0 saturated carbocycles. The van der Waals surface area contributed by atoms with E-state index < -0.39 is 17.5 Å². The summed E-state index contributed by atoms with van der Waals surface area (Å²) in [4.78, 5) is 0. The molecule has 0 aromatic heterocycles. The minimum Gasteiger partial charge on any atom is -0.497 e. The Morgan fingerprint density at radius 1 is 0.875 bits per heavy atom. The zero-order chi connectivity index (χ0) is 17.3. The van der Waals surface area contributed by atoms with Gasteiger partial charge in [0.2, 0.25) is 5.82 Å². The van der Waals surface area contributed by atoms with E-state index in [9.17, 15) is 13.2 Å². The minimum absolute atomic E-state index is 0.188. The lowest BCUT2D eigenvalue weighted by Gasteiger charge is -2.11. The molecule has 0 atom stereocenters. The summed E-state index contributed by atoms with van der Waals surface area (Å²) in [6, 6.07) is 11.0. The van der Waals surface area contributed by atoms with Crippen molar-refractivity contribution in [1.82, 2.24) is 0 Å². The summed E-state index contributed by atoms with van der Waals surface area (Å²) in [7, 11) is 1.53. The number of ether oxygens (including phenoxy) is 2. The van der Waals surface area contributed by atoms with Gasteiger partial charge in [-0.2, -0.15) is 4.39 Å². The van der Waals surface area contributed by atoms with Crippen molar-refractivity contribution < 1.29 is 22.6 Å². The molecule has 0 unspecified atom stereocenters. The Morgan fingerprint density at radius 3 is 2.21 bits per heavy atom. The number of hydrogen-bond acceptors (Lipinski definition) is 2. The van der Waals surface area contributed by atoms with Gasteiger partial charge in [-0.15, -0.1) is 0 Å². The summed E-state index contributed by atoms with van der Waals surface area (Å²) in [5.41, 5.74) is 0.733. The molecule has 2 nitrogen and oxygen atoms in total. The third kappa shape index (κ3) is 2.66. The summed E-state index contributed by atoms with van der Waals surface area (Å²) in [5.74, 6) is -2.84. The van der Waals surface area contributed by atoms with Crippen LogP contribution in [0.2, 0.25) is 0 Å². The number of rotatable bonds is 4. The highest BCUT2D eigenvalue weighted by molar-refractivity contribution is 5.90. The molecule has 0 radical (unpaired) electrons. The molecule has 0 heterocycles. The van der Waals surface area contributed by atoms with E-state index in [2.05, 4.69) is 0 Å². The Hall–Kier alpha value is -2.69. The van der Waals surface area contributed by atoms with Gasteiger partial charge in [-0.25, -0.2) is 8.78 Å². The van der Waals surface area contributed by atoms with Crippen molar-refractivity contribution in [3.63, 3.8) is 0 Å². The van der Waals surface area contributed by atoms with Crippen molar-refractivity contribution in [2.24, 2.45) is 0 Å². The molecule has 0 amide bonds. The largest absolute Gasteiger partial charge is 0.497 e. The molecule has 124 valence electrons. The molecule has 5 heteroatoms. The fraction of sp³-hybridized carbons (Fsp3) is 0.158. The molecular weight excluding hydrogens is 317 g/mol. The first-order valence-electron chi connectivity index (χ1n) is 7.44. The van der Waals surface area contributed by atoms with Crippen LogP contribution in [0.1, 0.15) is 6.92 Å². The Balaban J connectivity index is 2.20. The first-order chi connectivity index (χ1) is 11.6. The van der Waals surface area contributed by atoms with Crippen LogP contribution in [0, 0.1) is 17.5 Å². The van der Waals surface area contributed by atoms with Crippen molar-refractivity contribution in [1.29, 1.82) is 0 Å². The molecule has 0 aliphatic heterocycles. The molecular formula is C19H15F3O2. The summed E-state index contributed by atoms with van der Waals surface area (Å²) in [6.45, 7) is 1.85. The van der Waals surface area contributed by atoms with Crippen LogP contribution in [0.3, 0.4) is 0 Å². The van der Waals surface area contributed by atoms with Gasteiger partial charge in [0.05, 0.1) is 19.1 Å². The van der Waals surface area contributed by atoms with Gasteiger partial charge in [-0.05, 0) is 36.1 Å². The maximum Gasteiger partial charge on any atom is 0.201 e. The summed E-state index contributed by atoms with van der Waals surface area (Å²) < 4.78 is 53.3. The third-order valence-electron chi connectivity index (χ3n) is 3.79. The van der Waals surface area contributed by atoms with Crippen LogP contribution >= 0.6 is 0 Å². The third-order valence-corrected chi connectivity index (χ3v) is 3.79. The zero-order valence-corrected chi connectivity index (χ0v) is 13.2. The lowest BCUT2D eigenvalue weighted by molar-refractivity contribution is 0.315. The molecule has 0 aliphatic rings. The van der Waals surface area contributed by atoms with Crippen LogP contribution in [-0.4, -0.2) is 13.7 Å². The van der Waals surface area contributed by atoms with Crippen molar-refractivity contribution in [3.8, 4) is 22.6 Å². The van der Waals surface area contributed by atoms with E-state index in [0.29, 0.717) is 11.3 Å². The van der Waals surface area contributed by atoms with Gasteiger partial charge >= 0.3 is 0 Å². The molecule has 0 bridgehead atoms. The summed E-state index contributed by atoms with van der Waals surface area (Å²) >= 11 is 0. The van der Waals surface area contributed by atoms with Crippen LogP contribution < -0.4 is 9.47 Å². The molecule has 0 fully saturated rings. The molecule has 0 spiro atoms. The highest BCUT2D eigenvalue weighted by Gasteiger charge is 2.20. The second kappa shape index (κ2) is 6.43. The van der Waals surface area contributed by atoms with Gasteiger partial charge in [0, 0.05) is 5.56 Å². The second-order valence-electron chi connectivity index (χ2n) is 5.19. The van der Waals surface area contributed by atoms with Crippen LogP contribution in [-0.2, 0) is 0 Å². The van der Waals surface area contributed by atoms with Gasteiger partial charge in [-0.3, -0.25) is 0 Å². The summed E-state index contributed by atoms with van der Waals surface area (Å²) in [5, 5.41) is -0.142. The van der Waals surface area contributed by atoms with E-state index in [1.54, 1.807) is 37.3 Å². The molecule has 3 aromatic rings. The van der Waals surface area contributed by atoms with Crippen molar-refractivity contribution in [2.75, 3.05) is 13.7 Å². The van der Waals surface area contributed by atoms with E-state index in [1.807, 2.05) is 0 Å². The zero-order valence-electron chi connectivity index (χ0n) is 13.2. The Morgan fingerprint density at radius 2 is 1.58 bits per heavy atom. The lowest BCUT2D eigenvalue weighted by atomic mass is 9.99. The lowest BCUT2D eigenvalue weighted by Crippen LogP contribution is -1.99. The maximum absolute atomic E-state index is 14.8. The normalized spacial score (nSPS) is 10.9. The van der Waals surface area contributed by atoms with Gasteiger partial charge in [0.15, 0.2) is 11.6 Å². The second-order valence-corrected chi connectivity index (χ2v) is 5.19. The van der Waals surface area contributed by atoms with Crippen LogP contribution in [0.5, 0.6) is 11.5 Å². The quantitative estimate of drug-likeness (QED) is 0.643. The van der Waals surface area contributed by atoms with E-state index in [0.717, 1.165) is 0 Å². The molecule has 24 heavy (non-hydrogen) atoms. The number of halogens is 3. The Kier molecular flexibility index (Phi) is 4.34. The van der Waals surface area contributed by atoms with E-state index in [1.165, 1.54) is 19.2 Å². The van der Waals surface area contributed by atoms with Crippen LogP contribution in [0.4, 0.5) is 13.2 Å². The number of fused-ring (bicyclic) bond motifs is 1. The predicted molar refractivity (Wildman–Crippen MR) is 87.0 cm³/mol. The molecule has 0 aliphatic carbocycles. The van der Waals surface area contributed by atoms with Gasteiger partial charge in [0.1, 0.15) is 11.6 Å². The molecule has 3 aromatic carbocycles. The van der Waals surface area contributed by atoms with E-state index >= 15 is 0 Å². The van der Waals surface area contributed by atoms with E-state index in [-0.39, 0.29) is 28.7 Å². The van der Waals surface area contributed by atoms with Gasteiger partial charge in [-0.1, -0.05) is 24.3 Å². The van der Waals surface area contributed by atoms with Crippen molar-refractivity contribution in [2.45, 2.75) is 6.92 Å². The maximum atomic E-state index is 14.8. The fourth-order valence-corrected chi connectivity index (χ4v) is 2.61. The molecule has 3 rings (SSSR count). The Bertz CT molecular complexity index is 889. The number of benzene rings is 3. The topological polar surface area (TPSA) is 18.5 Å².